The van der Waals surface area contributed by atoms with E-state index in [1.807, 2.05) is 37.3 Å². The molecule has 33 heavy (non-hydrogen) atoms. The van der Waals surface area contributed by atoms with Crippen molar-refractivity contribution >= 4 is 46.3 Å². The predicted octanol–water partition coefficient (Wildman–Crippen LogP) is 3.83. The number of thioether (sulfide) groups is 1. The fraction of sp³-hybridized carbons (Fsp3) is 0.130. The van der Waals surface area contributed by atoms with E-state index >= 15 is 0 Å². The first kappa shape index (κ1) is 20.8. The van der Waals surface area contributed by atoms with Crippen molar-refractivity contribution in [2.45, 2.75) is 6.92 Å². The van der Waals surface area contributed by atoms with Gasteiger partial charge < -0.3 is 19.3 Å². The molecule has 2 aliphatic heterocycles. The molecule has 3 heterocycles. The van der Waals surface area contributed by atoms with E-state index in [9.17, 15) is 9.59 Å². The lowest BCUT2D eigenvalue weighted by atomic mass is 10.1. The summed E-state index contributed by atoms with van der Waals surface area (Å²) in [4.78, 5) is 31.6. The van der Waals surface area contributed by atoms with Crippen molar-refractivity contribution < 1.29 is 23.6 Å². The number of ether oxygens (including phenoxy) is 2. The third kappa shape index (κ3) is 4.46. The van der Waals surface area contributed by atoms with Crippen LogP contribution in [0.5, 0.6) is 11.5 Å². The van der Waals surface area contributed by atoms with Crippen molar-refractivity contribution in [2.75, 3.05) is 22.8 Å². The Kier molecular flexibility index (Phi) is 5.57. The monoisotopic (exact) mass is 462 g/mol. The van der Waals surface area contributed by atoms with Crippen LogP contribution >= 0.6 is 11.8 Å². The summed E-state index contributed by atoms with van der Waals surface area (Å²) >= 11 is 1.16. The van der Waals surface area contributed by atoms with E-state index in [4.69, 9.17) is 14.0 Å². The summed E-state index contributed by atoms with van der Waals surface area (Å²) < 4.78 is 15.5. The van der Waals surface area contributed by atoms with Crippen LogP contribution in [0.4, 0.5) is 11.5 Å². The van der Waals surface area contributed by atoms with Crippen LogP contribution in [0, 0.1) is 6.92 Å². The molecule has 9 nitrogen and oxygen atoms in total. The topological polar surface area (TPSA) is 106 Å². The van der Waals surface area contributed by atoms with E-state index < -0.39 is 0 Å². The number of benzene rings is 2. The smallest absolute Gasteiger partial charge is 0.283 e. The number of hydrogen-bond acceptors (Lipinski definition) is 8. The van der Waals surface area contributed by atoms with Crippen LogP contribution in [0.1, 0.15) is 11.1 Å². The van der Waals surface area contributed by atoms with Crippen molar-refractivity contribution in [1.29, 1.82) is 0 Å². The number of fused-ring (bicyclic) bond motifs is 1. The number of nitrogens with one attached hydrogen (secondary N) is 1. The van der Waals surface area contributed by atoms with Gasteiger partial charge >= 0.3 is 0 Å². The van der Waals surface area contributed by atoms with Gasteiger partial charge in [-0.25, -0.2) is 4.99 Å². The Balaban J connectivity index is 1.41. The van der Waals surface area contributed by atoms with E-state index in [0.717, 1.165) is 22.9 Å². The van der Waals surface area contributed by atoms with Crippen LogP contribution in [0.3, 0.4) is 0 Å². The summed E-state index contributed by atoms with van der Waals surface area (Å²) in [6, 6.07) is 14.5. The first-order valence-electron chi connectivity index (χ1n) is 10.0. The minimum absolute atomic E-state index is 0.0403. The SMILES string of the molecule is Cc1ccc(N2C(=O)/C(=C\c3ccc4c(c3)OCO4)N=C2SCC(=O)Nc2ccon2)cc1. The molecule has 2 amide bonds. The lowest BCUT2D eigenvalue weighted by Gasteiger charge is -2.17. The minimum atomic E-state index is -0.291. The zero-order chi connectivity index (χ0) is 22.8. The van der Waals surface area contributed by atoms with Crippen LogP contribution in [-0.2, 0) is 9.59 Å². The van der Waals surface area contributed by atoms with Crippen molar-refractivity contribution in [3.05, 3.63) is 71.6 Å². The number of amidine groups is 1. The number of amides is 2. The average Bonchev–Trinajstić information content (AvgIpc) is 3.55. The van der Waals surface area contributed by atoms with Gasteiger partial charge in [-0.2, -0.15) is 0 Å². The van der Waals surface area contributed by atoms with E-state index in [0.29, 0.717) is 28.2 Å². The van der Waals surface area contributed by atoms with Crippen LogP contribution in [-0.4, -0.2) is 34.7 Å². The highest BCUT2D eigenvalue weighted by Gasteiger charge is 2.32. The normalized spacial score (nSPS) is 15.8. The van der Waals surface area contributed by atoms with Gasteiger partial charge in [0, 0.05) is 6.07 Å². The van der Waals surface area contributed by atoms with E-state index in [1.54, 1.807) is 24.3 Å². The number of aliphatic imine (C=N–C) groups is 1. The summed E-state index contributed by atoms with van der Waals surface area (Å²) in [7, 11) is 0. The molecule has 0 unspecified atom stereocenters. The Hall–Kier alpha value is -4.05. The molecule has 2 aromatic carbocycles. The average molecular weight is 462 g/mol. The minimum Gasteiger partial charge on any atom is -0.454 e. The fourth-order valence-corrected chi connectivity index (χ4v) is 4.07. The Morgan fingerprint density at radius 1 is 1.15 bits per heavy atom. The highest BCUT2D eigenvalue weighted by Crippen LogP contribution is 2.34. The molecule has 0 atom stereocenters. The Bertz CT molecular complexity index is 1270. The molecule has 0 spiro atoms. The van der Waals surface area contributed by atoms with Gasteiger partial charge in [-0.05, 0) is 42.8 Å². The second-order valence-corrected chi connectivity index (χ2v) is 8.18. The summed E-state index contributed by atoms with van der Waals surface area (Å²) in [5.74, 6) is 1.07. The Morgan fingerprint density at radius 2 is 1.97 bits per heavy atom. The van der Waals surface area contributed by atoms with Crippen molar-refractivity contribution in [1.82, 2.24) is 5.16 Å². The molecule has 0 aliphatic carbocycles. The lowest BCUT2D eigenvalue weighted by Crippen LogP contribution is -2.31. The number of rotatable bonds is 5. The Labute approximate surface area is 193 Å². The molecule has 10 heteroatoms. The van der Waals surface area contributed by atoms with Gasteiger partial charge in [0.2, 0.25) is 12.7 Å². The number of anilines is 2. The second-order valence-electron chi connectivity index (χ2n) is 7.23. The molecule has 0 radical (unpaired) electrons. The van der Waals surface area contributed by atoms with Crippen LogP contribution < -0.4 is 19.7 Å². The third-order valence-corrected chi connectivity index (χ3v) is 5.80. The molecule has 3 aromatic rings. The molecule has 5 rings (SSSR count). The van der Waals surface area contributed by atoms with Gasteiger partial charge in [0.25, 0.3) is 5.91 Å². The fourth-order valence-electron chi connectivity index (χ4n) is 3.26. The van der Waals surface area contributed by atoms with Gasteiger partial charge in [0.15, 0.2) is 22.5 Å². The molecule has 0 saturated carbocycles. The molecular weight excluding hydrogens is 444 g/mol. The molecule has 0 fully saturated rings. The maximum absolute atomic E-state index is 13.3. The molecule has 1 aromatic heterocycles. The number of nitrogens with zero attached hydrogens (tertiary/aromatic N) is 3. The largest absolute Gasteiger partial charge is 0.454 e. The van der Waals surface area contributed by atoms with E-state index in [-0.39, 0.29) is 30.1 Å². The molecule has 0 bridgehead atoms. The zero-order valence-electron chi connectivity index (χ0n) is 17.5. The maximum Gasteiger partial charge on any atom is 0.283 e. The highest BCUT2D eigenvalue weighted by atomic mass is 32.2. The first-order valence-corrected chi connectivity index (χ1v) is 11.0. The molecule has 166 valence electrons. The van der Waals surface area contributed by atoms with Crippen molar-refractivity contribution in [3.63, 3.8) is 0 Å². The molecular formula is C23H18N4O5S. The van der Waals surface area contributed by atoms with Gasteiger partial charge in [-0.1, -0.05) is 40.7 Å². The summed E-state index contributed by atoms with van der Waals surface area (Å²) in [5.41, 5.74) is 2.75. The van der Waals surface area contributed by atoms with E-state index in [1.165, 1.54) is 11.2 Å². The number of aromatic nitrogens is 1. The second kappa shape index (κ2) is 8.83. The number of aryl methyl sites for hydroxylation is 1. The lowest BCUT2D eigenvalue weighted by molar-refractivity contribution is -0.114. The standard InChI is InChI=1S/C23H18N4O5S/c1-14-2-5-16(6-3-14)27-22(29)17(10-15-4-7-18-19(11-15)31-13-30-18)24-23(27)33-12-21(28)25-20-8-9-32-26-20/h2-11H,12-13H2,1H3,(H,25,26,28)/b17-10+. The van der Waals surface area contributed by atoms with Gasteiger partial charge in [-0.15, -0.1) is 0 Å². The van der Waals surface area contributed by atoms with Gasteiger partial charge in [0.05, 0.1) is 11.4 Å². The maximum atomic E-state index is 13.3. The van der Waals surface area contributed by atoms with Crippen molar-refractivity contribution in [2.24, 2.45) is 4.99 Å². The number of hydrogen-bond donors (Lipinski definition) is 1. The van der Waals surface area contributed by atoms with Crippen LogP contribution in [0.15, 0.2) is 70.0 Å². The van der Waals surface area contributed by atoms with Crippen molar-refractivity contribution in [3.8, 4) is 11.5 Å². The van der Waals surface area contributed by atoms with E-state index in [2.05, 4.69) is 15.5 Å². The Morgan fingerprint density at radius 3 is 2.76 bits per heavy atom. The van der Waals surface area contributed by atoms with Gasteiger partial charge in [0.1, 0.15) is 12.0 Å². The number of carbonyl (C=O) groups excluding carboxylic acids is 2. The summed E-state index contributed by atoms with van der Waals surface area (Å²) in [6.07, 6.45) is 3.06. The zero-order valence-corrected chi connectivity index (χ0v) is 18.3. The summed E-state index contributed by atoms with van der Waals surface area (Å²) in [6.45, 7) is 2.14. The molecule has 0 saturated heterocycles. The number of carbonyl (C=O) groups is 2. The van der Waals surface area contributed by atoms with Gasteiger partial charge in [-0.3, -0.25) is 14.5 Å². The molecule has 1 N–H and O–H groups in total. The predicted molar refractivity (Wildman–Crippen MR) is 124 cm³/mol. The first-order chi connectivity index (χ1) is 16.1. The molecule has 2 aliphatic rings. The quantitative estimate of drug-likeness (QED) is 0.575. The highest BCUT2D eigenvalue weighted by molar-refractivity contribution is 8.14. The third-order valence-electron chi connectivity index (χ3n) is 4.86. The van der Waals surface area contributed by atoms with Crippen LogP contribution in [0.25, 0.3) is 6.08 Å². The summed E-state index contributed by atoms with van der Waals surface area (Å²) in [5, 5.41) is 6.70. The van der Waals surface area contributed by atoms with Crippen LogP contribution in [0.2, 0.25) is 0 Å².